The molecule has 2 heterocycles. The van der Waals surface area contributed by atoms with Gasteiger partial charge in [0.15, 0.2) is 0 Å². The van der Waals surface area contributed by atoms with Gasteiger partial charge in [-0.05, 0) is 31.9 Å². The number of carbonyl (C=O) groups excluding carboxylic acids is 1. The van der Waals surface area contributed by atoms with E-state index in [0.717, 1.165) is 6.42 Å². The first-order valence-corrected chi connectivity index (χ1v) is 8.18. The van der Waals surface area contributed by atoms with Gasteiger partial charge in [-0.2, -0.15) is 0 Å². The molecule has 1 saturated heterocycles. The average molecular weight is 307 g/mol. The Hall–Kier alpha value is -1.04. The molecule has 114 valence electrons. The number of aliphatic hydroxyl groups excluding tert-OH is 1. The molecule has 1 aromatic carbocycles. The Bertz CT molecular complexity index is 521. The Morgan fingerprint density at radius 2 is 2.24 bits per heavy atom. The summed E-state index contributed by atoms with van der Waals surface area (Å²) in [6.07, 6.45) is 0.507. The van der Waals surface area contributed by atoms with E-state index in [2.05, 4.69) is 12.1 Å². The van der Waals surface area contributed by atoms with Crippen molar-refractivity contribution in [1.82, 2.24) is 4.90 Å². The summed E-state index contributed by atoms with van der Waals surface area (Å²) in [4.78, 5) is 15.9. The predicted octanol–water partition coefficient (Wildman–Crippen LogP) is 1.70. The van der Waals surface area contributed by atoms with Crippen molar-refractivity contribution >= 4 is 17.7 Å². The van der Waals surface area contributed by atoms with Crippen molar-refractivity contribution < 1.29 is 14.6 Å². The summed E-state index contributed by atoms with van der Waals surface area (Å²) in [5.41, 5.74) is 0.851. The summed E-state index contributed by atoms with van der Waals surface area (Å²) in [7, 11) is 0. The standard InChI is InChI=1S/C16H21NO3S/c1-16(2)10-17(8-12(9-18)20-16)15(19)14-7-11-5-3-4-6-13(11)21-14/h3-6,12,14,18H,7-10H2,1-2H3. The van der Waals surface area contributed by atoms with Gasteiger partial charge in [0.25, 0.3) is 0 Å². The van der Waals surface area contributed by atoms with Crippen LogP contribution in [0.3, 0.4) is 0 Å². The fraction of sp³-hybridized carbons (Fsp3) is 0.562. The van der Waals surface area contributed by atoms with E-state index in [1.54, 1.807) is 11.8 Å². The lowest BCUT2D eigenvalue weighted by Crippen LogP contribution is -2.57. The zero-order valence-corrected chi connectivity index (χ0v) is 13.2. The number of nitrogens with zero attached hydrogens (tertiary/aromatic N) is 1. The van der Waals surface area contributed by atoms with Crippen molar-refractivity contribution in [2.24, 2.45) is 0 Å². The third-order valence-corrected chi connectivity index (χ3v) is 5.22. The van der Waals surface area contributed by atoms with Crippen LogP contribution in [0.5, 0.6) is 0 Å². The first-order chi connectivity index (χ1) is 9.98. The van der Waals surface area contributed by atoms with Gasteiger partial charge in [-0.15, -0.1) is 11.8 Å². The number of amides is 1. The number of morpholine rings is 1. The smallest absolute Gasteiger partial charge is 0.236 e. The minimum absolute atomic E-state index is 0.0457. The maximum atomic E-state index is 12.8. The number of rotatable bonds is 2. The summed E-state index contributed by atoms with van der Waals surface area (Å²) >= 11 is 1.65. The van der Waals surface area contributed by atoms with Crippen LogP contribution in [0.2, 0.25) is 0 Å². The zero-order valence-electron chi connectivity index (χ0n) is 12.4. The first kappa shape index (κ1) is 14.9. The number of ether oxygens (including phenoxy) is 1. The van der Waals surface area contributed by atoms with E-state index < -0.39 is 5.60 Å². The quantitative estimate of drug-likeness (QED) is 0.903. The number of aliphatic hydroxyl groups is 1. The Balaban J connectivity index is 1.71. The molecule has 0 saturated carbocycles. The molecule has 2 atom stereocenters. The summed E-state index contributed by atoms with van der Waals surface area (Å²) < 4.78 is 5.78. The second-order valence-electron chi connectivity index (χ2n) is 6.32. The second kappa shape index (κ2) is 5.63. The average Bonchev–Trinajstić information content (AvgIpc) is 2.88. The molecule has 0 radical (unpaired) electrons. The van der Waals surface area contributed by atoms with Crippen LogP contribution in [0.1, 0.15) is 19.4 Å². The molecule has 0 bridgehead atoms. The normalized spacial score (nSPS) is 27.5. The molecular formula is C16H21NO3S. The second-order valence-corrected chi connectivity index (χ2v) is 7.56. The number of hydrogen-bond donors (Lipinski definition) is 1. The van der Waals surface area contributed by atoms with Crippen molar-refractivity contribution in [2.45, 2.75) is 42.1 Å². The van der Waals surface area contributed by atoms with Gasteiger partial charge in [-0.1, -0.05) is 18.2 Å². The van der Waals surface area contributed by atoms with E-state index in [9.17, 15) is 9.90 Å². The van der Waals surface area contributed by atoms with Gasteiger partial charge in [-0.3, -0.25) is 4.79 Å². The highest BCUT2D eigenvalue weighted by Gasteiger charge is 2.39. The van der Waals surface area contributed by atoms with Crippen LogP contribution in [0.4, 0.5) is 0 Å². The maximum absolute atomic E-state index is 12.8. The van der Waals surface area contributed by atoms with E-state index in [0.29, 0.717) is 13.1 Å². The third-order valence-electron chi connectivity index (χ3n) is 3.92. The molecule has 0 spiro atoms. The third kappa shape index (κ3) is 3.10. The Kier molecular flexibility index (Phi) is 3.99. The van der Waals surface area contributed by atoms with Crippen molar-refractivity contribution in [3.8, 4) is 0 Å². The number of fused-ring (bicyclic) bond motifs is 1. The molecule has 1 N–H and O–H groups in total. The summed E-state index contributed by atoms with van der Waals surface area (Å²) in [5, 5.41) is 9.32. The summed E-state index contributed by atoms with van der Waals surface area (Å²) in [6.45, 7) is 4.93. The monoisotopic (exact) mass is 307 g/mol. The molecule has 21 heavy (non-hydrogen) atoms. The topological polar surface area (TPSA) is 49.8 Å². The van der Waals surface area contributed by atoms with E-state index >= 15 is 0 Å². The molecule has 2 unspecified atom stereocenters. The van der Waals surface area contributed by atoms with Gasteiger partial charge < -0.3 is 14.7 Å². The molecule has 0 aromatic heterocycles. The molecule has 2 aliphatic heterocycles. The maximum Gasteiger partial charge on any atom is 0.236 e. The fourth-order valence-electron chi connectivity index (χ4n) is 3.08. The predicted molar refractivity (Wildman–Crippen MR) is 82.4 cm³/mol. The number of thioether (sulfide) groups is 1. The van der Waals surface area contributed by atoms with Crippen LogP contribution < -0.4 is 0 Å². The van der Waals surface area contributed by atoms with E-state index in [-0.39, 0.29) is 23.9 Å². The number of carbonyl (C=O) groups is 1. The van der Waals surface area contributed by atoms with Gasteiger partial charge in [-0.25, -0.2) is 0 Å². The zero-order chi connectivity index (χ0) is 15.0. The van der Waals surface area contributed by atoms with Crippen molar-refractivity contribution in [1.29, 1.82) is 0 Å². The van der Waals surface area contributed by atoms with Gasteiger partial charge in [0.05, 0.1) is 23.6 Å². The van der Waals surface area contributed by atoms with Crippen LogP contribution >= 0.6 is 11.8 Å². The van der Waals surface area contributed by atoms with Crippen LogP contribution in [0.15, 0.2) is 29.2 Å². The lowest BCUT2D eigenvalue weighted by molar-refractivity contribution is -0.166. The summed E-state index contributed by atoms with van der Waals surface area (Å²) in [6, 6.07) is 8.20. The molecule has 1 amide bonds. The molecule has 1 aromatic rings. The molecule has 5 heteroatoms. The molecular weight excluding hydrogens is 286 g/mol. The Labute approximate surface area is 129 Å². The van der Waals surface area contributed by atoms with Crippen molar-refractivity contribution in [3.63, 3.8) is 0 Å². The largest absolute Gasteiger partial charge is 0.394 e. The van der Waals surface area contributed by atoms with Crippen LogP contribution in [0, 0.1) is 0 Å². The van der Waals surface area contributed by atoms with Gasteiger partial charge in [0.1, 0.15) is 0 Å². The fourth-order valence-corrected chi connectivity index (χ4v) is 4.36. The van der Waals surface area contributed by atoms with E-state index in [1.807, 2.05) is 30.9 Å². The minimum atomic E-state index is -0.405. The highest BCUT2D eigenvalue weighted by atomic mass is 32.2. The van der Waals surface area contributed by atoms with Crippen molar-refractivity contribution in [3.05, 3.63) is 29.8 Å². The summed E-state index contributed by atoms with van der Waals surface area (Å²) in [5.74, 6) is 0.158. The van der Waals surface area contributed by atoms with Gasteiger partial charge in [0, 0.05) is 18.0 Å². The number of benzene rings is 1. The van der Waals surface area contributed by atoms with E-state index in [4.69, 9.17) is 4.74 Å². The van der Waals surface area contributed by atoms with Gasteiger partial charge in [0.2, 0.25) is 5.91 Å². The van der Waals surface area contributed by atoms with Crippen LogP contribution in [0.25, 0.3) is 0 Å². The molecule has 3 rings (SSSR count). The first-order valence-electron chi connectivity index (χ1n) is 7.30. The molecule has 0 aliphatic carbocycles. The lowest BCUT2D eigenvalue weighted by Gasteiger charge is -2.43. The number of hydrogen-bond acceptors (Lipinski definition) is 4. The van der Waals surface area contributed by atoms with Gasteiger partial charge >= 0.3 is 0 Å². The minimum Gasteiger partial charge on any atom is -0.394 e. The highest BCUT2D eigenvalue weighted by Crippen LogP contribution is 2.38. The van der Waals surface area contributed by atoms with E-state index in [1.165, 1.54) is 10.5 Å². The lowest BCUT2D eigenvalue weighted by atomic mass is 10.0. The SMILES string of the molecule is CC1(C)CN(C(=O)C2Cc3ccccc3S2)CC(CO)O1. The molecule has 4 nitrogen and oxygen atoms in total. The highest BCUT2D eigenvalue weighted by molar-refractivity contribution is 8.01. The van der Waals surface area contributed by atoms with Crippen molar-refractivity contribution in [2.75, 3.05) is 19.7 Å². The molecule has 1 fully saturated rings. The van der Waals surface area contributed by atoms with Crippen LogP contribution in [-0.2, 0) is 16.0 Å². The Morgan fingerprint density at radius 3 is 2.95 bits per heavy atom. The van der Waals surface area contributed by atoms with Crippen LogP contribution in [-0.4, -0.2) is 52.6 Å². The molecule has 2 aliphatic rings. The Morgan fingerprint density at radius 1 is 1.48 bits per heavy atom.